The molecule has 0 saturated carbocycles. The number of halogens is 2. The van der Waals surface area contributed by atoms with Crippen LogP contribution in [0, 0.1) is 5.82 Å². The van der Waals surface area contributed by atoms with Crippen molar-refractivity contribution in [2.24, 2.45) is 0 Å². The van der Waals surface area contributed by atoms with Gasteiger partial charge in [-0.3, -0.25) is 9.59 Å². The zero-order chi connectivity index (χ0) is 26.6. The Bertz CT molecular complexity index is 1470. The number of ether oxygens (including phenoxy) is 1. The topological polar surface area (TPSA) is 84.7 Å². The maximum atomic E-state index is 13.6. The Kier molecular flexibility index (Phi) is 7.42. The molecule has 0 aliphatic carbocycles. The number of carbonyl (C=O) groups excluding carboxylic acids is 2. The average molecular weight is 534 g/mol. The van der Waals surface area contributed by atoms with Gasteiger partial charge in [-0.2, -0.15) is 0 Å². The van der Waals surface area contributed by atoms with Crippen LogP contribution in [0.4, 0.5) is 10.1 Å². The molecule has 38 heavy (non-hydrogen) atoms. The smallest absolute Gasteiger partial charge is 0.277 e. The molecule has 0 bridgehead atoms. The van der Waals surface area contributed by atoms with Crippen LogP contribution in [0.25, 0.3) is 0 Å². The van der Waals surface area contributed by atoms with E-state index < -0.39 is 5.91 Å². The summed E-state index contributed by atoms with van der Waals surface area (Å²) < 4.78 is 25.0. The van der Waals surface area contributed by atoms with Gasteiger partial charge in [0.25, 0.3) is 5.91 Å². The third-order valence-corrected chi connectivity index (χ3v) is 6.62. The van der Waals surface area contributed by atoms with Gasteiger partial charge in [0.1, 0.15) is 17.8 Å². The Morgan fingerprint density at radius 1 is 1.16 bits per heavy atom. The van der Waals surface area contributed by atoms with Crippen molar-refractivity contribution in [2.75, 3.05) is 11.9 Å². The largest absolute Gasteiger partial charge is 0.484 e. The monoisotopic (exact) mass is 533 g/mol. The van der Waals surface area contributed by atoms with E-state index in [2.05, 4.69) is 10.3 Å². The number of hydrogen-bond acceptors (Lipinski definition) is 5. The molecular weight excluding hydrogens is 509 g/mol. The van der Waals surface area contributed by atoms with Crippen molar-refractivity contribution in [3.05, 3.63) is 112 Å². The number of hydrogen-bond donors (Lipinski definition) is 1. The van der Waals surface area contributed by atoms with Gasteiger partial charge in [-0.1, -0.05) is 42.8 Å². The first kappa shape index (κ1) is 25.5. The van der Waals surface area contributed by atoms with Crippen molar-refractivity contribution in [1.82, 2.24) is 9.88 Å². The van der Waals surface area contributed by atoms with Crippen molar-refractivity contribution >= 4 is 29.1 Å². The maximum Gasteiger partial charge on any atom is 0.277 e. The Hall–Kier alpha value is -4.17. The number of anilines is 1. The number of aromatic nitrogens is 1. The Labute approximate surface area is 224 Å². The third kappa shape index (κ3) is 5.55. The average Bonchev–Trinajstić information content (AvgIpc) is 3.41. The molecule has 1 aliphatic rings. The fourth-order valence-corrected chi connectivity index (χ4v) is 4.74. The standard InChI is InChI=1S/C29H25ClFN3O4/c1-2-27(35)34-13-12-18-8-11-23(15-24(18)28(34)19-6-9-21(31)10-7-19)37-17-26-33-25(16-38-26)29(36)32-22-5-3-4-20(30)14-22/h3-11,14-16,28H,2,12-13,17H2,1H3,(H,32,36). The molecule has 1 atom stereocenters. The van der Waals surface area contributed by atoms with Crippen molar-refractivity contribution in [3.8, 4) is 5.75 Å². The number of nitrogens with zero attached hydrogens (tertiary/aromatic N) is 2. The van der Waals surface area contributed by atoms with Gasteiger partial charge < -0.3 is 19.4 Å². The maximum absolute atomic E-state index is 13.6. The molecule has 1 N–H and O–H groups in total. The molecule has 4 aromatic rings. The van der Waals surface area contributed by atoms with Crippen LogP contribution < -0.4 is 10.1 Å². The number of amides is 2. The molecule has 2 amide bonds. The Morgan fingerprint density at radius 3 is 2.74 bits per heavy atom. The van der Waals surface area contributed by atoms with E-state index in [0.29, 0.717) is 35.8 Å². The van der Waals surface area contributed by atoms with Gasteiger partial charge in [0.05, 0.1) is 6.04 Å². The van der Waals surface area contributed by atoms with Crippen LogP contribution in [-0.2, 0) is 17.8 Å². The van der Waals surface area contributed by atoms with Crippen molar-refractivity contribution in [2.45, 2.75) is 32.4 Å². The normalized spacial score (nSPS) is 14.6. The lowest BCUT2D eigenvalue weighted by atomic mass is 9.87. The molecule has 0 saturated heterocycles. The zero-order valence-electron chi connectivity index (χ0n) is 20.6. The summed E-state index contributed by atoms with van der Waals surface area (Å²) in [6.07, 6.45) is 2.36. The Balaban J connectivity index is 1.33. The minimum Gasteiger partial charge on any atom is -0.484 e. The van der Waals surface area contributed by atoms with Gasteiger partial charge >= 0.3 is 0 Å². The highest BCUT2D eigenvalue weighted by Crippen LogP contribution is 2.37. The number of rotatable bonds is 7. The second-order valence-corrected chi connectivity index (χ2v) is 9.32. The highest BCUT2D eigenvalue weighted by atomic mass is 35.5. The van der Waals surface area contributed by atoms with Gasteiger partial charge in [0.15, 0.2) is 12.3 Å². The predicted octanol–water partition coefficient (Wildman–Crippen LogP) is 6.18. The molecule has 5 rings (SSSR count). The lowest BCUT2D eigenvalue weighted by Crippen LogP contribution is -2.40. The number of fused-ring (bicyclic) bond motifs is 1. The SMILES string of the molecule is CCC(=O)N1CCc2ccc(OCc3nc(C(=O)Nc4cccc(Cl)c4)co3)cc2C1c1ccc(F)cc1. The van der Waals surface area contributed by atoms with E-state index in [1.54, 1.807) is 36.4 Å². The molecule has 9 heteroatoms. The first-order valence-corrected chi connectivity index (χ1v) is 12.6. The molecule has 1 aliphatic heterocycles. The quantitative estimate of drug-likeness (QED) is 0.306. The zero-order valence-corrected chi connectivity index (χ0v) is 21.4. The molecular formula is C29H25ClFN3O4. The van der Waals surface area contributed by atoms with Crippen LogP contribution in [-0.4, -0.2) is 28.2 Å². The first-order chi connectivity index (χ1) is 18.4. The highest BCUT2D eigenvalue weighted by Gasteiger charge is 2.31. The van der Waals surface area contributed by atoms with Crippen molar-refractivity contribution in [1.29, 1.82) is 0 Å². The second kappa shape index (κ2) is 11.1. The lowest BCUT2D eigenvalue weighted by Gasteiger charge is -2.38. The number of benzene rings is 3. The van der Waals surface area contributed by atoms with E-state index in [1.807, 2.05) is 30.0 Å². The fraction of sp³-hybridized carbons (Fsp3) is 0.207. The molecule has 2 heterocycles. The number of nitrogens with one attached hydrogen (secondary N) is 1. The van der Waals surface area contributed by atoms with E-state index in [1.165, 1.54) is 18.4 Å². The summed E-state index contributed by atoms with van der Waals surface area (Å²) in [5, 5.41) is 3.23. The number of oxazole rings is 1. The first-order valence-electron chi connectivity index (χ1n) is 12.2. The van der Waals surface area contributed by atoms with Crippen molar-refractivity contribution in [3.63, 3.8) is 0 Å². The van der Waals surface area contributed by atoms with Crippen LogP contribution in [0.1, 0.15) is 52.5 Å². The van der Waals surface area contributed by atoms with Crippen LogP contribution >= 0.6 is 11.6 Å². The van der Waals surface area contributed by atoms with E-state index in [0.717, 1.165) is 16.7 Å². The fourth-order valence-electron chi connectivity index (χ4n) is 4.55. The van der Waals surface area contributed by atoms with Crippen LogP contribution in [0.2, 0.25) is 5.02 Å². The van der Waals surface area contributed by atoms with Crippen LogP contribution in [0.15, 0.2) is 77.4 Å². The van der Waals surface area contributed by atoms with Gasteiger partial charge in [0, 0.05) is 23.7 Å². The molecule has 3 aromatic carbocycles. The molecule has 7 nitrogen and oxygen atoms in total. The summed E-state index contributed by atoms with van der Waals surface area (Å²) in [5.41, 5.74) is 3.51. The van der Waals surface area contributed by atoms with Gasteiger partial charge in [-0.15, -0.1) is 0 Å². The van der Waals surface area contributed by atoms with E-state index >= 15 is 0 Å². The second-order valence-electron chi connectivity index (χ2n) is 8.89. The molecule has 0 fully saturated rings. The highest BCUT2D eigenvalue weighted by molar-refractivity contribution is 6.30. The van der Waals surface area contributed by atoms with Gasteiger partial charge in [-0.25, -0.2) is 9.37 Å². The number of carbonyl (C=O) groups is 2. The van der Waals surface area contributed by atoms with E-state index in [-0.39, 0.29) is 36.0 Å². The summed E-state index contributed by atoms with van der Waals surface area (Å²) in [4.78, 5) is 31.3. The van der Waals surface area contributed by atoms with Gasteiger partial charge in [-0.05, 0) is 65.6 Å². The van der Waals surface area contributed by atoms with Crippen LogP contribution in [0.5, 0.6) is 5.75 Å². The summed E-state index contributed by atoms with van der Waals surface area (Å²) in [6, 6.07) is 18.4. The molecule has 0 radical (unpaired) electrons. The summed E-state index contributed by atoms with van der Waals surface area (Å²) >= 11 is 5.97. The summed E-state index contributed by atoms with van der Waals surface area (Å²) in [7, 11) is 0. The molecule has 1 unspecified atom stereocenters. The predicted molar refractivity (Wildman–Crippen MR) is 141 cm³/mol. The van der Waals surface area contributed by atoms with Crippen LogP contribution in [0.3, 0.4) is 0 Å². The van der Waals surface area contributed by atoms with E-state index in [9.17, 15) is 14.0 Å². The minimum atomic E-state index is -0.432. The Morgan fingerprint density at radius 2 is 1.97 bits per heavy atom. The summed E-state index contributed by atoms with van der Waals surface area (Å²) in [6.45, 7) is 2.42. The molecule has 1 aromatic heterocycles. The van der Waals surface area contributed by atoms with Crippen molar-refractivity contribution < 1.29 is 23.1 Å². The molecule has 194 valence electrons. The summed E-state index contributed by atoms with van der Waals surface area (Å²) in [5.74, 6) is 0.0574. The lowest BCUT2D eigenvalue weighted by molar-refractivity contribution is -0.132. The van der Waals surface area contributed by atoms with E-state index in [4.69, 9.17) is 20.8 Å². The molecule has 0 spiro atoms. The van der Waals surface area contributed by atoms with Gasteiger partial charge in [0.2, 0.25) is 11.8 Å². The third-order valence-electron chi connectivity index (χ3n) is 6.38. The minimum absolute atomic E-state index is 0.00204.